The molecule has 0 spiro atoms. The van der Waals surface area contributed by atoms with Gasteiger partial charge in [0.2, 0.25) is 0 Å². The molecule has 24 heavy (non-hydrogen) atoms. The standard InChI is InChI=1S/C20H22N2O2/c1-14-8-7-10-17(12-14)16(3)24-22-13-18-9-5-6-11-19(18)15(2)20(23)21-4/h5-13,16H,2H2,1,3-4H3,(H,21,23)/b22-13+. The fourth-order valence-electron chi connectivity index (χ4n) is 2.32. The molecular weight excluding hydrogens is 300 g/mol. The van der Waals surface area contributed by atoms with Crippen LogP contribution < -0.4 is 5.32 Å². The molecule has 0 saturated carbocycles. The van der Waals surface area contributed by atoms with E-state index in [9.17, 15) is 4.79 Å². The van der Waals surface area contributed by atoms with Crippen LogP contribution in [0, 0.1) is 6.92 Å². The van der Waals surface area contributed by atoms with Crippen LogP contribution >= 0.6 is 0 Å². The van der Waals surface area contributed by atoms with Crippen LogP contribution in [0.15, 0.2) is 60.3 Å². The smallest absolute Gasteiger partial charge is 0.251 e. The number of amides is 1. The number of carbonyl (C=O) groups is 1. The van der Waals surface area contributed by atoms with Gasteiger partial charge in [-0.05, 0) is 25.0 Å². The number of likely N-dealkylation sites (N-methyl/N-ethyl adjacent to an activating group) is 1. The Labute approximate surface area is 142 Å². The fraction of sp³-hybridized carbons (Fsp3) is 0.200. The normalized spacial score (nSPS) is 12.0. The first kappa shape index (κ1) is 17.5. The van der Waals surface area contributed by atoms with Gasteiger partial charge in [0.05, 0.1) is 6.21 Å². The summed E-state index contributed by atoms with van der Waals surface area (Å²) < 4.78 is 0. The van der Waals surface area contributed by atoms with Crippen molar-refractivity contribution >= 4 is 17.7 Å². The van der Waals surface area contributed by atoms with Gasteiger partial charge in [0.25, 0.3) is 5.91 Å². The molecule has 1 unspecified atom stereocenters. The van der Waals surface area contributed by atoms with Crippen LogP contribution in [0.5, 0.6) is 0 Å². The fourth-order valence-corrected chi connectivity index (χ4v) is 2.32. The van der Waals surface area contributed by atoms with Crippen molar-refractivity contribution in [2.75, 3.05) is 7.05 Å². The second-order valence-corrected chi connectivity index (χ2v) is 5.54. The molecule has 0 radical (unpaired) electrons. The predicted molar refractivity (Wildman–Crippen MR) is 97.8 cm³/mol. The van der Waals surface area contributed by atoms with Gasteiger partial charge in [-0.2, -0.15) is 0 Å². The number of hydrogen-bond donors (Lipinski definition) is 1. The Hall–Kier alpha value is -2.88. The van der Waals surface area contributed by atoms with Crippen molar-refractivity contribution in [3.63, 3.8) is 0 Å². The molecule has 1 N–H and O–H groups in total. The van der Waals surface area contributed by atoms with Crippen LogP contribution in [0.4, 0.5) is 0 Å². The minimum Gasteiger partial charge on any atom is -0.388 e. The predicted octanol–water partition coefficient (Wildman–Crippen LogP) is 3.87. The zero-order chi connectivity index (χ0) is 17.5. The summed E-state index contributed by atoms with van der Waals surface area (Å²) in [4.78, 5) is 17.3. The maximum atomic E-state index is 11.8. The Kier molecular flexibility index (Phi) is 5.90. The number of hydrogen-bond acceptors (Lipinski definition) is 3. The van der Waals surface area contributed by atoms with Gasteiger partial charge in [-0.25, -0.2) is 0 Å². The monoisotopic (exact) mass is 322 g/mol. The van der Waals surface area contributed by atoms with Gasteiger partial charge in [0, 0.05) is 18.2 Å². The zero-order valence-corrected chi connectivity index (χ0v) is 14.2. The van der Waals surface area contributed by atoms with E-state index < -0.39 is 0 Å². The van der Waals surface area contributed by atoms with Crippen LogP contribution in [-0.2, 0) is 9.63 Å². The first-order valence-electron chi connectivity index (χ1n) is 7.79. The Morgan fingerprint density at radius 1 is 1.25 bits per heavy atom. The van der Waals surface area contributed by atoms with Crippen LogP contribution in [0.25, 0.3) is 5.57 Å². The van der Waals surface area contributed by atoms with E-state index in [4.69, 9.17) is 4.84 Å². The average molecular weight is 322 g/mol. The molecule has 0 aliphatic carbocycles. The molecule has 4 heteroatoms. The maximum Gasteiger partial charge on any atom is 0.251 e. The number of carbonyl (C=O) groups excluding carboxylic acids is 1. The van der Waals surface area contributed by atoms with Gasteiger partial charge in [-0.3, -0.25) is 4.79 Å². The van der Waals surface area contributed by atoms with Crippen molar-refractivity contribution in [1.29, 1.82) is 0 Å². The number of nitrogens with one attached hydrogen (secondary N) is 1. The van der Waals surface area contributed by atoms with Crippen molar-refractivity contribution < 1.29 is 9.63 Å². The lowest BCUT2D eigenvalue weighted by Crippen LogP contribution is -2.19. The van der Waals surface area contributed by atoms with Crippen molar-refractivity contribution in [1.82, 2.24) is 5.32 Å². The molecular formula is C20H22N2O2. The van der Waals surface area contributed by atoms with E-state index in [-0.39, 0.29) is 12.0 Å². The second-order valence-electron chi connectivity index (χ2n) is 5.54. The minimum atomic E-state index is -0.218. The molecule has 1 amide bonds. The Morgan fingerprint density at radius 3 is 2.71 bits per heavy atom. The molecule has 4 nitrogen and oxygen atoms in total. The van der Waals surface area contributed by atoms with Crippen molar-refractivity contribution in [3.05, 3.63) is 77.4 Å². The summed E-state index contributed by atoms with van der Waals surface area (Å²) in [6.45, 7) is 7.83. The molecule has 2 aromatic rings. The van der Waals surface area contributed by atoms with E-state index in [0.29, 0.717) is 5.57 Å². The summed E-state index contributed by atoms with van der Waals surface area (Å²) in [5.74, 6) is -0.218. The first-order valence-corrected chi connectivity index (χ1v) is 7.79. The highest BCUT2D eigenvalue weighted by Gasteiger charge is 2.11. The lowest BCUT2D eigenvalue weighted by molar-refractivity contribution is -0.115. The Morgan fingerprint density at radius 2 is 2.00 bits per heavy atom. The van der Waals surface area contributed by atoms with E-state index in [1.807, 2.05) is 56.3 Å². The summed E-state index contributed by atoms with van der Waals surface area (Å²) in [6, 6.07) is 15.6. The van der Waals surface area contributed by atoms with E-state index >= 15 is 0 Å². The van der Waals surface area contributed by atoms with Gasteiger partial charge in [0.1, 0.15) is 6.10 Å². The largest absolute Gasteiger partial charge is 0.388 e. The quantitative estimate of drug-likeness (QED) is 0.499. The maximum absolute atomic E-state index is 11.8. The van der Waals surface area contributed by atoms with Crippen LogP contribution in [0.1, 0.15) is 35.3 Å². The van der Waals surface area contributed by atoms with Gasteiger partial charge < -0.3 is 10.2 Å². The zero-order valence-electron chi connectivity index (χ0n) is 14.2. The number of aryl methyl sites for hydroxylation is 1. The lowest BCUT2D eigenvalue weighted by Gasteiger charge is -2.11. The average Bonchev–Trinajstić information content (AvgIpc) is 2.60. The van der Waals surface area contributed by atoms with Gasteiger partial charge in [-0.1, -0.05) is 65.8 Å². The summed E-state index contributed by atoms with van der Waals surface area (Å²) in [5, 5.41) is 6.66. The second kappa shape index (κ2) is 8.11. The highest BCUT2D eigenvalue weighted by molar-refractivity contribution is 6.20. The molecule has 124 valence electrons. The topological polar surface area (TPSA) is 50.7 Å². The molecule has 1 atom stereocenters. The number of rotatable bonds is 6. The third-order valence-corrected chi connectivity index (χ3v) is 3.71. The van der Waals surface area contributed by atoms with Crippen LogP contribution in [-0.4, -0.2) is 19.2 Å². The summed E-state index contributed by atoms with van der Waals surface area (Å²) in [6.07, 6.45) is 1.45. The van der Waals surface area contributed by atoms with Crippen molar-refractivity contribution in [2.45, 2.75) is 20.0 Å². The Bertz CT molecular complexity index is 766. The summed E-state index contributed by atoms with van der Waals surface area (Å²) in [7, 11) is 1.58. The van der Waals surface area contributed by atoms with Crippen LogP contribution in [0.3, 0.4) is 0 Å². The molecule has 0 heterocycles. The van der Waals surface area contributed by atoms with Crippen molar-refractivity contribution in [3.8, 4) is 0 Å². The molecule has 0 aliphatic rings. The minimum absolute atomic E-state index is 0.157. The molecule has 0 bridgehead atoms. The summed E-state index contributed by atoms with van der Waals surface area (Å²) in [5.41, 5.74) is 4.15. The van der Waals surface area contributed by atoms with Crippen molar-refractivity contribution in [2.24, 2.45) is 5.16 Å². The highest BCUT2D eigenvalue weighted by Crippen LogP contribution is 2.19. The van der Waals surface area contributed by atoms with Crippen LogP contribution in [0.2, 0.25) is 0 Å². The summed E-state index contributed by atoms with van der Waals surface area (Å²) >= 11 is 0. The molecule has 0 aromatic heterocycles. The van der Waals surface area contributed by atoms with E-state index in [0.717, 1.165) is 16.7 Å². The molecule has 0 aliphatic heterocycles. The number of oxime groups is 1. The number of nitrogens with zero attached hydrogens (tertiary/aromatic N) is 1. The molecule has 0 saturated heterocycles. The number of benzene rings is 2. The molecule has 2 aromatic carbocycles. The van der Waals surface area contributed by atoms with Gasteiger partial charge in [0.15, 0.2) is 0 Å². The third kappa shape index (κ3) is 4.32. The van der Waals surface area contributed by atoms with E-state index in [1.165, 1.54) is 5.56 Å². The van der Waals surface area contributed by atoms with E-state index in [2.05, 4.69) is 23.1 Å². The molecule has 0 fully saturated rings. The Balaban J connectivity index is 2.12. The lowest BCUT2D eigenvalue weighted by atomic mass is 10.0. The SMILES string of the molecule is C=C(C(=O)NC)c1ccccc1/C=N/OC(C)c1cccc(C)c1. The highest BCUT2D eigenvalue weighted by atomic mass is 16.6. The van der Waals surface area contributed by atoms with Gasteiger partial charge >= 0.3 is 0 Å². The molecule has 2 rings (SSSR count). The first-order chi connectivity index (χ1) is 11.5. The van der Waals surface area contributed by atoms with E-state index in [1.54, 1.807) is 13.3 Å². The van der Waals surface area contributed by atoms with Gasteiger partial charge in [-0.15, -0.1) is 0 Å². The third-order valence-electron chi connectivity index (χ3n) is 3.71.